The van der Waals surface area contributed by atoms with E-state index in [1.165, 1.54) is 0 Å². The summed E-state index contributed by atoms with van der Waals surface area (Å²) in [5.41, 5.74) is -0.300. The van der Waals surface area contributed by atoms with E-state index < -0.39 is 5.60 Å². The second-order valence-electron chi connectivity index (χ2n) is 7.28. The molecule has 1 aliphatic carbocycles. The fourth-order valence-electron chi connectivity index (χ4n) is 2.75. The third-order valence-electron chi connectivity index (χ3n) is 3.12. The van der Waals surface area contributed by atoms with Crippen molar-refractivity contribution in [2.75, 3.05) is 0 Å². The molecule has 0 bridgehead atoms. The van der Waals surface area contributed by atoms with E-state index in [0.717, 1.165) is 19.3 Å². The van der Waals surface area contributed by atoms with Crippen molar-refractivity contribution in [1.82, 2.24) is 0 Å². The summed E-state index contributed by atoms with van der Waals surface area (Å²) in [5.74, 6) is 0.126. The van der Waals surface area contributed by atoms with Gasteiger partial charge in [0.05, 0.1) is 11.5 Å². The maximum absolute atomic E-state index is 11.9. The van der Waals surface area contributed by atoms with Crippen LogP contribution < -0.4 is 0 Å². The maximum atomic E-state index is 11.9. The topological polar surface area (TPSA) is 44.8 Å². The lowest BCUT2D eigenvalue weighted by atomic mass is 9.68. The fourth-order valence-corrected chi connectivity index (χ4v) is 2.75. The van der Waals surface area contributed by atoms with E-state index in [1.54, 1.807) is 0 Å². The highest BCUT2D eigenvalue weighted by molar-refractivity contribution is 5.72. The van der Waals surface area contributed by atoms with Crippen LogP contribution in [0, 0.1) is 17.3 Å². The van der Waals surface area contributed by atoms with Gasteiger partial charge in [-0.25, -0.2) is 4.79 Å². The van der Waals surface area contributed by atoms with Gasteiger partial charge in [0.15, 0.2) is 0 Å². The molecule has 0 aromatic rings. The van der Waals surface area contributed by atoms with E-state index >= 15 is 0 Å². The third-order valence-corrected chi connectivity index (χ3v) is 3.12. The Hall–Kier alpha value is -0.610. The molecule has 0 saturated heterocycles. The van der Waals surface area contributed by atoms with Gasteiger partial charge in [0.2, 0.25) is 0 Å². The lowest BCUT2D eigenvalue weighted by molar-refractivity contribution is -0.515. The summed E-state index contributed by atoms with van der Waals surface area (Å²) in [4.78, 5) is 21.6. The molecule has 1 fully saturated rings. The van der Waals surface area contributed by atoms with Crippen LogP contribution in [0.15, 0.2) is 0 Å². The van der Waals surface area contributed by atoms with Crippen LogP contribution in [0.1, 0.15) is 60.8 Å². The molecule has 4 nitrogen and oxygen atoms in total. The van der Waals surface area contributed by atoms with Crippen LogP contribution in [0.3, 0.4) is 0 Å². The van der Waals surface area contributed by atoms with Gasteiger partial charge >= 0.3 is 5.97 Å². The van der Waals surface area contributed by atoms with Gasteiger partial charge in [-0.1, -0.05) is 20.8 Å². The molecule has 2 atom stereocenters. The lowest BCUT2D eigenvalue weighted by Crippen LogP contribution is -2.33. The third kappa shape index (κ3) is 5.36. The van der Waals surface area contributed by atoms with Crippen LogP contribution in [-0.4, -0.2) is 11.6 Å². The number of carbonyl (C=O) groups is 1. The normalized spacial score (nSPS) is 27.9. The Bertz CT molecular complexity index is 291. The molecule has 0 radical (unpaired) electrons. The molecular weight excluding hydrogens is 232 g/mol. The van der Waals surface area contributed by atoms with E-state index in [2.05, 4.69) is 25.8 Å². The molecule has 1 rings (SSSR count). The Balaban J connectivity index is 2.42. The highest BCUT2D eigenvalue weighted by Crippen LogP contribution is 2.42. The Kier molecular flexibility index (Phi) is 4.78. The van der Waals surface area contributed by atoms with Crippen molar-refractivity contribution >= 4 is 5.97 Å². The first-order valence-corrected chi connectivity index (χ1v) is 6.65. The van der Waals surface area contributed by atoms with Gasteiger partial charge in [-0.15, -0.1) is 0 Å². The van der Waals surface area contributed by atoms with Crippen LogP contribution in [0.4, 0.5) is 0 Å². The zero-order valence-corrected chi connectivity index (χ0v) is 12.4. The molecule has 0 heterocycles. The predicted octanol–water partition coefficient (Wildman–Crippen LogP) is 3.65. The van der Waals surface area contributed by atoms with Crippen molar-refractivity contribution in [2.45, 2.75) is 66.4 Å². The highest BCUT2D eigenvalue weighted by atomic mass is 17.5. The smallest absolute Gasteiger partial charge is 0.269 e. The summed E-state index contributed by atoms with van der Waals surface area (Å²) in [5, 5.41) is 4.57. The Morgan fingerprint density at radius 1 is 1.22 bits per heavy atom. The quantitative estimate of drug-likeness (QED) is 0.572. The summed E-state index contributed by atoms with van der Waals surface area (Å²) < 4.78 is 0. The van der Waals surface area contributed by atoms with Gasteiger partial charge in [0, 0.05) is 0 Å². The average molecular weight is 258 g/mol. The molecule has 0 aromatic heterocycles. The van der Waals surface area contributed by atoms with Crippen molar-refractivity contribution in [3.63, 3.8) is 0 Å². The van der Waals surface area contributed by atoms with Crippen LogP contribution in [0.2, 0.25) is 0 Å². The number of hydrogen-bond acceptors (Lipinski definition) is 4. The number of hydrogen-bond donors (Lipinski definition) is 0. The van der Waals surface area contributed by atoms with Crippen molar-refractivity contribution in [1.29, 1.82) is 0 Å². The molecule has 18 heavy (non-hydrogen) atoms. The van der Waals surface area contributed by atoms with Crippen molar-refractivity contribution < 1.29 is 19.6 Å². The van der Waals surface area contributed by atoms with Crippen LogP contribution >= 0.6 is 0 Å². The summed E-state index contributed by atoms with van der Waals surface area (Å²) in [6.07, 6.45) is 2.85. The first-order valence-electron chi connectivity index (χ1n) is 6.65. The van der Waals surface area contributed by atoms with E-state index in [9.17, 15) is 4.79 Å². The highest BCUT2D eigenvalue weighted by Gasteiger charge is 2.37. The summed E-state index contributed by atoms with van der Waals surface area (Å²) in [6, 6.07) is 0. The van der Waals surface area contributed by atoms with Crippen LogP contribution in [-0.2, 0) is 19.6 Å². The van der Waals surface area contributed by atoms with E-state index in [4.69, 9.17) is 9.78 Å². The first-order chi connectivity index (χ1) is 8.09. The molecule has 106 valence electrons. The van der Waals surface area contributed by atoms with Crippen LogP contribution in [0.25, 0.3) is 0 Å². The van der Waals surface area contributed by atoms with E-state index in [1.807, 2.05) is 20.8 Å². The number of carbonyl (C=O) groups excluding carboxylic acids is 1. The van der Waals surface area contributed by atoms with Gasteiger partial charge in [-0.2, -0.15) is 4.89 Å². The van der Waals surface area contributed by atoms with Gasteiger partial charge in [-0.05, 0) is 56.4 Å². The van der Waals surface area contributed by atoms with E-state index in [-0.39, 0.29) is 17.3 Å². The first kappa shape index (κ1) is 15.4. The molecule has 1 aliphatic rings. The summed E-state index contributed by atoms with van der Waals surface area (Å²) in [7, 11) is 0. The second-order valence-corrected chi connectivity index (χ2v) is 7.28. The second kappa shape index (κ2) is 5.57. The average Bonchev–Trinajstić information content (AvgIpc) is 2.11. The van der Waals surface area contributed by atoms with Gasteiger partial charge < -0.3 is 0 Å². The standard InChI is InChI=1S/C14H26O4/c1-10-7-11(9-14(5,6)8-10)12(15)16-18-17-13(2,3)4/h10-11H,7-9H2,1-6H3. The molecule has 0 amide bonds. The molecular formula is C14H26O4. The van der Waals surface area contributed by atoms with E-state index in [0.29, 0.717) is 5.92 Å². The lowest BCUT2D eigenvalue weighted by Gasteiger charge is -2.37. The monoisotopic (exact) mass is 258 g/mol. The zero-order valence-electron chi connectivity index (χ0n) is 12.4. The summed E-state index contributed by atoms with van der Waals surface area (Å²) >= 11 is 0. The predicted molar refractivity (Wildman–Crippen MR) is 68.3 cm³/mol. The SMILES string of the molecule is CC1CC(C(=O)OOOC(C)(C)C)CC(C)(C)C1. The Labute approximate surface area is 110 Å². The van der Waals surface area contributed by atoms with Crippen molar-refractivity contribution in [3.05, 3.63) is 0 Å². The Morgan fingerprint density at radius 2 is 1.83 bits per heavy atom. The largest absolute Gasteiger partial charge is 0.348 e. The molecule has 0 aliphatic heterocycles. The molecule has 4 heteroatoms. The molecule has 2 unspecified atom stereocenters. The van der Waals surface area contributed by atoms with Crippen molar-refractivity contribution in [2.24, 2.45) is 17.3 Å². The molecule has 0 aromatic carbocycles. The summed E-state index contributed by atoms with van der Waals surface area (Å²) in [6.45, 7) is 12.0. The minimum absolute atomic E-state index is 0.0904. The minimum atomic E-state index is -0.487. The fraction of sp³-hybridized carbons (Fsp3) is 0.929. The molecule has 0 N–H and O–H groups in total. The molecule has 0 spiro atoms. The Morgan fingerprint density at radius 3 is 2.33 bits per heavy atom. The maximum Gasteiger partial charge on any atom is 0.348 e. The minimum Gasteiger partial charge on any atom is -0.269 e. The van der Waals surface area contributed by atoms with Crippen LogP contribution in [0.5, 0.6) is 0 Å². The number of rotatable bonds is 3. The molecule has 1 saturated carbocycles. The van der Waals surface area contributed by atoms with Gasteiger partial charge in [0.25, 0.3) is 0 Å². The van der Waals surface area contributed by atoms with Gasteiger partial charge in [-0.3, -0.25) is 4.89 Å². The zero-order chi connectivity index (χ0) is 14.0. The van der Waals surface area contributed by atoms with Gasteiger partial charge in [0.1, 0.15) is 0 Å². The van der Waals surface area contributed by atoms with Crippen molar-refractivity contribution in [3.8, 4) is 0 Å².